The summed E-state index contributed by atoms with van der Waals surface area (Å²) in [6.45, 7) is 5.01. The Kier molecular flexibility index (Phi) is 7.81. The highest BCUT2D eigenvalue weighted by Crippen LogP contribution is 2.18. The summed E-state index contributed by atoms with van der Waals surface area (Å²) in [5.74, 6) is 0.420. The molecule has 6 heteroatoms. The molecule has 29 heavy (non-hydrogen) atoms. The summed E-state index contributed by atoms with van der Waals surface area (Å²) in [6.07, 6.45) is 5.35. The second-order valence-corrected chi connectivity index (χ2v) is 8.22. The van der Waals surface area contributed by atoms with Crippen LogP contribution in [0.2, 0.25) is 0 Å². The SMILES string of the molecule is CCc1ccc(C(=O)CCC(=O)N2CCCC(CNC(=O)C3CCCN3)C2)cc1. The number of hydrogen-bond donors (Lipinski definition) is 2. The Morgan fingerprint density at radius 1 is 1.10 bits per heavy atom. The number of hydrogen-bond acceptors (Lipinski definition) is 4. The first-order valence-corrected chi connectivity index (χ1v) is 11.0. The van der Waals surface area contributed by atoms with Crippen LogP contribution in [0.25, 0.3) is 0 Å². The third kappa shape index (κ3) is 6.13. The predicted molar refractivity (Wildman–Crippen MR) is 113 cm³/mol. The smallest absolute Gasteiger partial charge is 0.237 e. The van der Waals surface area contributed by atoms with Gasteiger partial charge in [0.2, 0.25) is 11.8 Å². The van der Waals surface area contributed by atoms with E-state index in [1.165, 1.54) is 5.56 Å². The van der Waals surface area contributed by atoms with Gasteiger partial charge in [0.25, 0.3) is 0 Å². The maximum Gasteiger partial charge on any atom is 0.237 e. The van der Waals surface area contributed by atoms with Gasteiger partial charge >= 0.3 is 0 Å². The van der Waals surface area contributed by atoms with Crippen molar-refractivity contribution in [1.82, 2.24) is 15.5 Å². The highest BCUT2D eigenvalue weighted by atomic mass is 16.2. The number of benzene rings is 1. The first kappa shape index (κ1) is 21.5. The number of amides is 2. The molecule has 0 aromatic heterocycles. The predicted octanol–water partition coefficient (Wildman–Crippen LogP) is 2.32. The Morgan fingerprint density at radius 2 is 1.90 bits per heavy atom. The third-order valence-corrected chi connectivity index (χ3v) is 6.06. The quantitative estimate of drug-likeness (QED) is 0.658. The van der Waals surface area contributed by atoms with Crippen molar-refractivity contribution in [3.63, 3.8) is 0 Å². The molecule has 2 N–H and O–H groups in total. The Bertz CT molecular complexity index is 711. The number of likely N-dealkylation sites (tertiary alicyclic amines) is 1. The minimum atomic E-state index is -0.0614. The molecule has 2 amide bonds. The Hall–Kier alpha value is -2.21. The topological polar surface area (TPSA) is 78.5 Å². The molecule has 0 saturated carbocycles. The molecular formula is C23H33N3O3. The minimum Gasteiger partial charge on any atom is -0.354 e. The van der Waals surface area contributed by atoms with Gasteiger partial charge in [-0.1, -0.05) is 31.2 Å². The molecule has 2 fully saturated rings. The van der Waals surface area contributed by atoms with Crippen molar-refractivity contribution >= 4 is 17.6 Å². The van der Waals surface area contributed by atoms with Gasteiger partial charge < -0.3 is 15.5 Å². The molecule has 3 rings (SSSR count). The van der Waals surface area contributed by atoms with E-state index < -0.39 is 0 Å². The first-order valence-electron chi connectivity index (χ1n) is 11.0. The second kappa shape index (κ2) is 10.5. The largest absolute Gasteiger partial charge is 0.354 e. The van der Waals surface area contributed by atoms with Gasteiger partial charge in [0.05, 0.1) is 6.04 Å². The summed E-state index contributed by atoms with van der Waals surface area (Å²) < 4.78 is 0. The van der Waals surface area contributed by atoms with Crippen molar-refractivity contribution in [3.8, 4) is 0 Å². The molecule has 6 nitrogen and oxygen atoms in total. The van der Waals surface area contributed by atoms with Crippen LogP contribution < -0.4 is 10.6 Å². The molecule has 1 aromatic carbocycles. The molecule has 0 spiro atoms. The molecule has 158 valence electrons. The van der Waals surface area contributed by atoms with E-state index in [1.807, 2.05) is 29.2 Å². The number of Topliss-reactive ketones (excluding diaryl/α,β-unsaturated/α-hetero) is 1. The molecule has 0 bridgehead atoms. The number of rotatable bonds is 8. The van der Waals surface area contributed by atoms with Gasteiger partial charge in [0, 0.05) is 38.0 Å². The summed E-state index contributed by atoms with van der Waals surface area (Å²) in [5, 5.41) is 6.25. The molecule has 2 saturated heterocycles. The van der Waals surface area contributed by atoms with Gasteiger partial charge in [-0.05, 0) is 50.1 Å². The van der Waals surface area contributed by atoms with Gasteiger partial charge in [0.1, 0.15) is 0 Å². The van der Waals surface area contributed by atoms with Crippen LogP contribution in [0.15, 0.2) is 24.3 Å². The van der Waals surface area contributed by atoms with Crippen molar-refractivity contribution in [3.05, 3.63) is 35.4 Å². The van der Waals surface area contributed by atoms with Crippen molar-refractivity contribution in [2.45, 2.75) is 57.9 Å². The first-order chi connectivity index (χ1) is 14.1. The van der Waals surface area contributed by atoms with E-state index in [9.17, 15) is 14.4 Å². The molecule has 2 aliphatic rings. The fourth-order valence-corrected chi connectivity index (χ4v) is 4.18. The fraction of sp³-hybridized carbons (Fsp3) is 0.609. The number of nitrogens with one attached hydrogen (secondary N) is 2. The summed E-state index contributed by atoms with van der Waals surface area (Å²) in [5.41, 5.74) is 1.88. The maximum absolute atomic E-state index is 12.6. The van der Waals surface area contributed by atoms with Crippen LogP contribution in [-0.4, -0.2) is 54.7 Å². The van der Waals surface area contributed by atoms with Gasteiger partial charge in [-0.25, -0.2) is 0 Å². The lowest BCUT2D eigenvalue weighted by molar-refractivity contribution is -0.132. The fourth-order valence-electron chi connectivity index (χ4n) is 4.18. The van der Waals surface area contributed by atoms with Gasteiger partial charge in [-0.15, -0.1) is 0 Å². The minimum absolute atomic E-state index is 0.0193. The monoisotopic (exact) mass is 399 g/mol. The van der Waals surface area contributed by atoms with E-state index >= 15 is 0 Å². The maximum atomic E-state index is 12.6. The Balaban J connectivity index is 1.41. The lowest BCUT2D eigenvalue weighted by Crippen LogP contribution is -2.46. The average Bonchev–Trinajstić information content (AvgIpc) is 3.31. The van der Waals surface area contributed by atoms with Gasteiger partial charge in [-0.2, -0.15) is 0 Å². The molecule has 0 aliphatic carbocycles. The summed E-state index contributed by atoms with van der Waals surface area (Å²) in [4.78, 5) is 39.0. The summed E-state index contributed by atoms with van der Waals surface area (Å²) >= 11 is 0. The molecule has 2 heterocycles. The standard InChI is InChI=1S/C23H33N3O3/c1-2-17-7-9-19(10-8-17)21(27)11-12-22(28)26-14-4-5-18(16-26)15-25-23(29)20-6-3-13-24-20/h7-10,18,20,24H,2-6,11-16H2,1H3,(H,25,29). The van der Waals surface area contributed by atoms with E-state index in [-0.39, 0.29) is 42.4 Å². The van der Waals surface area contributed by atoms with E-state index in [1.54, 1.807) is 0 Å². The zero-order valence-electron chi connectivity index (χ0n) is 17.4. The number of carbonyl (C=O) groups is 3. The normalized spacial score (nSPS) is 21.8. The van der Waals surface area contributed by atoms with Crippen LogP contribution in [0.3, 0.4) is 0 Å². The Labute approximate surface area is 173 Å². The average molecular weight is 400 g/mol. The molecular weight excluding hydrogens is 366 g/mol. The van der Waals surface area contributed by atoms with Crippen LogP contribution in [0, 0.1) is 5.92 Å². The molecule has 2 aliphatic heterocycles. The number of piperidine rings is 1. The number of carbonyl (C=O) groups excluding carboxylic acids is 3. The van der Waals surface area contributed by atoms with Crippen molar-refractivity contribution in [2.75, 3.05) is 26.2 Å². The van der Waals surface area contributed by atoms with Crippen molar-refractivity contribution in [2.24, 2.45) is 5.92 Å². The van der Waals surface area contributed by atoms with Gasteiger partial charge in [-0.3, -0.25) is 14.4 Å². The molecule has 2 unspecified atom stereocenters. The van der Waals surface area contributed by atoms with E-state index in [0.717, 1.165) is 45.2 Å². The van der Waals surface area contributed by atoms with Crippen LogP contribution in [0.4, 0.5) is 0 Å². The Morgan fingerprint density at radius 3 is 2.59 bits per heavy atom. The summed E-state index contributed by atoms with van der Waals surface area (Å²) in [7, 11) is 0. The lowest BCUT2D eigenvalue weighted by atomic mass is 9.97. The number of aryl methyl sites for hydroxylation is 1. The van der Waals surface area contributed by atoms with Crippen LogP contribution in [0.5, 0.6) is 0 Å². The van der Waals surface area contributed by atoms with Gasteiger partial charge in [0.15, 0.2) is 5.78 Å². The summed E-state index contributed by atoms with van der Waals surface area (Å²) in [6, 6.07) is 7.59. The number of ketones is 1. The van der Waals surface area contributed by atoms with E-state index in [0.29, 0.717) is 18.7 Å². The molecule has 0 radical (unpaired) electrons. The lowest BCUT2D eigenvalue weighted by Gasteiger charge is -2.33. The highest BCUT2D eigenvalue weighted by Gasteiger charge is 2.26. The molecule has 1 aromatic rings. The van der Waals surface area contributed by atoms with Crippen molar-refractivity contribution < 1.29 is 14.4 Å². The van der Waals surface area contributed by atoms with Crippen LogP contribution in [-0.2, 0) is 16.0 Å². The van der Waals surface area contributed by atoms with Crippen molar-refractivity contribution in [1.29, 1.82) is 0 Å². The van der Waals surface area contributed by atoms with Crippen LogP contribution in [0.1, 0.15) is 61.4 Å². The highest BCUT2D eigenvalue weighted by molar-refractivity contribution is 5.98. The molecule has 2 atom stereocenters. The van der Waals surface area contributed by atoms with E-state index in [4.69, 9.17) is 0 Å². The van der Waals surface area contributed by atoms with Crippen LogP contribution >= 0.6 is 0 Å². The zero-order valence-corrected chi connectivity index (χ0v) is 17.4. The third-order valence-electron chi connectivity index (χ3n) is 6.06. The zero-order chi connectivity index (χ0) is 20.6. The van der Waals surface area contributed by atoms with E-state index in [2.05, 4.69) is 17.6 Å². The second-order valence-electron chi connectivity index (χ2n) is 8.22. The number of nitrogens with zero attached hydrogens (tertiary/aromatic N) is 1.